The second-order valence-electron chi connectivity index (χ2n) is 8.58. The predicted molar refractivity (Wildman–Crippen MR) is 136 cm³/mol. The van der Waals surface area contributed by atoms with Crippen molar-refractivity contribution in [3.63, 3.8) is 0 Å². The van der Waals surface area contributed by atoms with Crippen LogP contribution in [0.2, 0.25) is 0 Å². The van der Waals surface area contributed by atoms with Crippen molar-refractivity contribution in [2.45, 2.75) is 71.8 Å². The Morgan fingerprint density at radius 1 is 0.765 bits per heavy atom. The van der Waals surface area contributed by atoms with Crippen LogP contribution in [0.15, 0.2) is 60.9 Å². The summed E-state index contributed by atoms with van der Waals surface area (Å²) in [6.45, 7) is 5.27. The molecule has 0 aliphatic carbocycles. The van der Waals surface area contributed by atoms with Gasteiger partial charge in [-0.3, -0.25) is 0 Å². The number of hydrogen-bond donors (Lipinski definition) is 0. The van der Waals surface area contributed by atoms with Crippen molar-refractivity contribution in [2.24, 2.45) is 0 Å². The number of benzene rings is 2. The molecule has 2 aromatic carbocycles. The maximum atomic E-state index is 12.2. The monoisotopic (exact) mass is 460 g/mol. The van der Waals surface area contributed by atoms with Gasteiger partial charge >= 0.3 is 5.97 Å². The van der Waals surface area contributed by atoms with Gasteiger partial charge in [0.25, 0.3) is 0 Å². The van der Waals surface area contributed by atoms with E-state index in [9.17, 15) is 4.79 Å². The van der Waals surface area contributed by atoms with Crippen molar-refractivity contribution in [3.05, 3.63) is 77.6 Å². The first-order valence-corrected chi connectivity index (χ1v) is 12.5. The highest BCUT2D eigenvalue weighted by Gasteiger charge is 2.07. The summed E-state index contributed by atoms with van der Waals surface area (Å²) in [6, 6.07) is 15.2. The molecule has 0 aliphatic heterocycles. The summed E-state index contributed by atoms with van der Waals surface area (Å²) in [7, 11) is 0. The number of aromatic nitrogens is 2. The number of carbonyl (C=O) groups is 1. The molecule has 0 bridgehead atoms. The zero-order valence-corrected chi connectivity index (χ0v) is 20.5. The Bertz CT molecular complexity index is 983. The molecule has 3 aromatic rings. The molecule has 5 heteroatoms. The van der Waals surface area contributed by atoms with Crippen LogP contribution in [0.5, 0.6) is 5.75 Å². The molecule has 3 rings (SSSR count). The number of esters is 1. The standard InChI is InChI=1S/C29H36N2O3/c1-3-5-6-7-8-9-19-33-29(32)26-13-11-23(12-14-26)22-34-27-17-15-25(16-18-27)28-30-20-24(10-4-2)21-31-28/h11-18,20-21H,3-10,19,22H2,1-2H3. The molecule has 0 amide bonds. The zero-order chi connectivity index (χ0) is 24.0. The average molecular weight is 461 g/mol. The number of carbonyl (C=O) groups excluding carboxylic acids is 1. The van der Waals surface area contributed by atoms with Gasteiger partial charge in [-0.2, -0.15) is 0 Å². The van der Waals surface area contributed by atoms with E-state index in [1.54, 1.807) is 12.1 Å². The van der Waals surface area contributed by atoms with E-state index in [-0.39, 0.29) is 5.97 Å². The van der Waals surface area contributed by atoms with E-state index < -0.39 is 0 Å². The molecule has 180 valence electrons. The molecule has 0 spiro atoms. The Hall–Kier alpha value is -3.21. The second kappa shape index (κ2) is 14.1. The van der Waals surface area contributed by atoms with Crippen molar-refractivity contribution in [2.75, 3.05) is 6.61 Å². The van der Waals surface area contributed by atoms with E-state index >= 15 is 0 Å². The van der Waals surface area contributed by atoms with Crippen LogP contribution in [-0.2, 0) is 17.8 Å². The smallest absolute Gasteiger partial charge is 0.338 e. The number of hydrogen-bond acceptors (Lipinski definition) is 5. The van der Waals surface area contributed by atoms with E-state index in [1.807, 2.05) is 48.8 Å². The molecule has 5 nitrogen and oxygen atoms in total. The third-order valence-corrected chi connectivity index (χ3v) is 5.68. The van der Waals surface area contributed by atoms with E-state index in [2.05, 4.69) is 23.8 Å². The lowest BCUT2D eigenvalue weighted by atomic mass is 10.1. The SMILES string of the molecule is CCCCCCCCOC(=O)c1ccc(COc2ccc(-c3ncc(CCC)cn3)cc2)cc1. The molecule has 0 unspecified atom stereocenters. The Morgan fingerprint density at radius 2 is 1.44 bits per heavy atom. The molecule has 0 saturated heterocycles. The maximum absolute atomic E-state index is 12.2. The Morgan fingerprint density at radius 3 is 2.12 bits per heavy atom. The van der Waals surface area contributed by atoms with Crippen LogP contribution >= 0.6 is 0 Å². The van der Waals surface area contributed by atoms with E-state index in [1.165, 1.54) is 25.7 Å². The van der Waals surface area contributed by atoms with Crippen LogP contribution in [0.4, 0.5) is 0 Å². The Labute approximate surface area is 203 Å². The van der Waals surface area contributed by atoms with Crippen LogP contribution < -0.4 is 4.74 Å². The van der Waals surface area contributed by atoms with Gasteiger partial charge in [0, 0.05) is 18.0 Å². The lowest BCUT2D eigenvalue weighted by Crippen LogP contribution is -2.06. The van der Waals surface area contributed by atoms with Gasteiger partial charge in [-0.15, -0.1) is 0 Å². The van der Waals surface area contributed by atoms with Crippen molar-refractivity contribution >= 4 is 5.97 Å². The molecule has 0 atom stereocenters. The summed E-state index contributed by atoms with van der Waals surface area (Å²) in [6.07, 6.45) is 12.9. The number of rotatable bonds is 14. The lowest BCUT2D eigenvalue weighted by molar-refractivity contribution is 0.0497. The van der Waals surface area contributed by atoms with Gasteiger partial charge in [0.1, 0.15) is 12.4 Å². The Kier molecular flexibility index (Phi) is 10.6. The molecule has 0 radical (unpaired) electrons. The normalized spacial score (nSPS) is 10.8. The molecular weight excluding hydrogens is 424 g/mol. The third-order valence-electron chi connectivity index (χ3n) is 5.68. The molecule has 0 saturated carbocycles. The zero-order valence-electron chi connectivity index (χ0n) is 20.5. The number of aryl methyl sites for hydroxylation is 1. The van der Waals surface area contributed by atoms with Gasteiger partial charge in [0.05, 0.1) is 12.2 Å². The molecule has 1 heterocycles. The first-order valence-electron chi connectivity index (χ1n) is 12.5. The van der Waals surface area contributed by atoms with Gasteiger partial charge in [0.2, 0.25) is 0 Å². The molecule has 1 aromatic heterocycles. The minimum Gasteiger partial charge on any atom is -0.489 e. The first-order chi connectivity index (χ1) is 16.7. The van der Waals surface area contributed by atoms with Crippen LogP contribution in [0.1, 0.15) is 80.3 Å². The van der Waals surface area contributed by atoms with Crippen molar-refractivity contribution in [3.8, 4) is 17.1 Å². The molecular formula is C29H36N2O3. The largest absolute Gasteiger partial charge is 0.489 e. The third kappa shape index (κ3) is 8.29. The summed E-state index contributed by atoms with van der Waals surface area (Å²) in [5.41, 5.74) is 3.68. The highest BCUT2D eigenvalue weighted by Crippen LogP contribution is 2.20. The highest BCUT2D eigenvalue weighted by atomic mass is 16.5. The van der Waals surface area contributed by atoms with Crippen LogP contribution in [0.25, 0.3) is 11.4 Å². The van der Waals surface area contributed by atoms with Crippen LogP contribution in [0, 0.1) is 0 Å². The van der Waals surface area contributed by atoms with Gasteiger partial charge in [0.15, 0.2) is 5.82 Å². The lowest BCUT2D eigenvalue weighted by Gasteiger charge is -2.09. The molecule has 0 N–H and O–H groups in total. The summed E-state index contributed by atoms with van der Waals surface area (Å²) in [5, 5.41) is 0. The minimum atomic E-state index is -0.262. The van der Waals surface area contributed by atoms with Crippen molar-refractivity contribution < 1.29 is 14.3 Å². The van der Waals surface area contributed by atoms with Crippen LogP contribution in [0.3, 0.4) is 0 Å². The van der Waals surface area contributed by atoms with Crippen molar-refractivity contribution in [1.82, 2.24) is 9.97 Å². The quantitative estimate of drug-likeness (QED) is 0.188. The van der Waals surface area contributed by atoms with Crippen LogP contribution in [-0.4, -0.2) is 22.5 Å². The fourth-order valence-corrected chi connectivity index (χ4v) is 3.66. The molecule has 0 fully saturated rings. The first kappa shape index (κ1) is 25.4. The minimum absolute atomic E-state index is 0.262. The fourth-order valence-electron chi connectivity index (χ4n) is 3.66. The molecule has 0 aliphatic rings. The van der Waals surface area contributed by atoms with E-state index in [0.29, 0.717) is 24.6 Å². The van der Waals surface area contributed by atoms with Gasteiger partial charge in [-0.05, 0) is 60.4 Å². The van der Waals surface area contributed by atoms with E-state index in [4.69, 9.17) is 9.47 Å². The average Bonchev–Trinajstić information content (AvgIpc) is 2.88. The summed E-state index contributed by atoms with van der Waals surface area (Å²) in [4.78, 5) is 21.1. The molecule has 34 heavy (non-hydrogen) atoms. The van der Waals surface area contributed by atoms with Gasteiger partial charge in [-0.25, -0.2) is 14.8 Å². The number of nitrogens with zero attached hydrogens (tertiary/aromatic N) is 2. The van der Waals surface area contributed by atoms with Crippen molar-refractivity contribution in [1.29, 1.82) is 0 Å². The predicted octanol–water partition coefficient (Wildman–Crippen LogP) is 7.19. The van der Waals surface area contributed by atoms with E-state index in [0.717, 1.165) is 48.1 Å². The van der Waals surface area contributed by atoms with Gasteiger partial charge < -0.3 is 9.47 Å². The Balaban J connectivity index is 1.42. The number of ether oxygens (including phenoxy) is 2. The van der Waals surface area contributed by atoms with Gasteiger partial charge in [-0.1, -0.05) is 64.5 Å². The number of unbranched alkanes of at least 4 members (excludes halogenated alkanes) is 5. The fraction of sp³-hybridized carbons (Fsp3) is 0.414. The highest BCUT2D eigenvalue weighted by molar-refractivity contribution is 5.89. The summed E-state index contributed by atoms with van der Waals surface area (Å²) in [5.74, 6) is 1.22. The summed E-state index contributed by atoms with van der Waals surface area (Å²) < 4.78 is 11.3. The maximum Gasteiger partial charge on any atom is 0.338 e. The second-order valence-corrected chi connectivity index (χ2v) is 8.58. The summed E-state index contributed by atoms with van der Waals surface area (Å²) >= 11 is 0. The topological polar surface area (TPSA) is 61.3 Å².